The van der Waals surface area contributed by atoms with E-state index in [0.717, 1.165) is 12.2 Å². The molecular formula is C10H19N3O. The van der Waals surface area contributed by atoms with E-state index in [1.165, 1.54) is 11.3 Å². The van der Waals surface area contributed by atoms with Crippen LogP contribution in [0.2, 0.25) is 0 Å². The van der Waals surface area contributed by atoms with Gasteiger partial charge in [-0.05, 0) is 32.8 Å². The summed E-state index contributed by atoms with van der Waals surface area (Å²) >= 11 is 0. The van der Waals surface area contributed by atoms with Crippen LogP contribution in [0.5, 0.6) is 0 Å². The molecule has 0 bridgehead atoms. The van der Waals surface area contributed by atoms with Crippen molar-refractivity contribution in [2.24, 2.45) is 5.73 Å². The maximum Gasteiger partial charge on any atom is 0.0680 e. The summed E-state index contributed by atoms with van der Waals surface area (Å²) in [6, 6.07) is 0. The maximum atomic E-state index is 9.32. The van der Waals surface area contributed by atoms with Gasteiger partial charge in [-0.15, -0.1) is 0 Å². The highest BCUT2D eigenvalue weighted by molar-refractivity contribution is 5.21. The third kappa shape index (κ3) is 2.33. The molecule has 14 heavy (non-hydrogen) atoms. The Bertz CT molecular complexity index is 307. The van der Waals surface area contributed by atoms with Crippen molar-refractivity contribution >= 4 is 0 Å². The highest BCUT2D eigenvalue weighted by Crippen LogP contribution is 2.11. The number of hydrogen-bond acceptors (Lipinski definition) is 3. The molecule has 1 heterocycles. The smallest absolute Gasteiger partial charge is 0.0680 e. The molecule has 1 rings (SSSR count). The molecule has 1 aromatic heterocycles. The number of hydrogen-bond donors (Lipinski definition) is 2. The van der Waals surface area contributed by atoms with Gasteiger partial charge in [0.05, 0.1) is 11.8 Å². The number of aliphatic hydroxyl groups excluding tert-OH is 1. The average Bonchev–Trinajstić information content (AvgIpc) is 2.42. The van der Waals surface area contributed by atoms with Gasteiger partial charge in [-0.2, -0.15) is 5.10 Å². The predicted octanol–water partition coefficient (Wildman–Crippen LogP) is 0.518. The molecule has 1 unspecified atom stereocenters. The number of nitrogens with two attached hydrogens (primary N) is 1. The number of aromatic nitrogens is 2. The molecule has 1 atom stereocenters. The van der Waals surface area contributed by atoms with Crippen LogP contribution in [0.4, 0.5) is 0 Å². The quantitative estimate of drug-likeness (QED) is 0.739. The summed E-state index contributed by atoms with van der Waals surface area (Å²) in [4.78, 5) is 0. The minimum absolute atomic E-state index is 0.318. The third-order valence-electron chi connectivity index (χ3n) is 2.69. The van der Waals surface area contributed by atoms with E-state index in [4.69, 9.17) is 5.73 Å². The van der Waals surface area contributed by atoms with Crippen molar-refractivity contribution in [3.05, 3.63) is 17.0 Å². The van der Waals surface area contributed by atoms with Crippen LogP contribution >= 0.6 is 0 Å². The highest BCUT2D eigenvalue weighted by atomic mass is 16.3. The van der Waals surface area contributed by atoms with Crippen LogP contribution in [-0.4, -0.2) is 27.5 Å². The Hall–Kier alpha value is -0.870. The fraction of sp³-hybridized carbons (Fsp3) is 0.700. The fourth-order valence-corrected chi connectivity index (χ4v) is 1.39. The van der Waals surface area contributed by atoms with Gasteiger partial charge >= 0.3 is 0 Å². The zero-order valence-electron chi connectivity index (χ0n) is 9.12. The van der Waals surface area contributed by atoms with Crippen LogP contribution < -0.4 is 5.73 Å². The fourth-order valence-electron chi connectivity index (χ4n) is 1.39. The molecule has 3 N–H and O–H groups in total. The molecule has 0 aliphatic heterocycles. The van der Waals surface area contributed by atoms with Crippen molar-refractivity contribution in [1.82, 2.24) is 9.78 Å². The molecule has 4 nitrogen and oxygen atoms in total. The molecule has 0 amide bonds. The predicted molar refractivity (Wildman–Crippen MR) is 56.1 cm³/mol. The molecule has 0 aromatic carbocycles. The van der Waals surface area contributed by atoms with Gasteiger partial charge in [-0.25, -0.2) is 0 Å². The number of aryl methyl sites for hydroxylation is 2. The second kappa shape index (κ2) is 4.57. The maximum absolute atomic E-state index is 9.32. The first kappa shape index (κ1) is 11.2. The number of aliphatic hydroxyl groups is 1. The van der Waals surface area contributed by atoms with Crippen LogP contribution in [-0.2, 0) is 6.54 Å². The minimum atomic E-state index is -0.417. The zero-order valence-corrected chi connectivity index (χ0v) is 9.12. The molecule has 0 radical (unpaired) electrons. The van der Waals surface area contributed by atoms with E-state index in [1.807, 2.05) is 18.5 Å². The highest BCUT2D eigenvalue weighted by Gasteiger charge is 2.08. The van der Waals surface area contributed by atoms with E-state index >= 15 is 0 Å². The molecule has 0 aliphatic rings. The largest absolute Gasteiger partial charge is 0.392 e. The molecule has 0 saturated carbocycles. The molecular weight excluding hydrogens is 178 g/mol. The van der Waals surface area contributed by atoms with E-state index in [0.29, 0.717) is 13.0 Å². The molecule has 0 fully saturated rings. The molecule has 0 aliphatic carbocycles. The Morgan fingerprint density at radius 1 is 1.43 bits per heavy atom. The van der Waals surface area contributed by atoms with Crippen LogP contribution in [0.25, 0.3) is 0 Å². The van der Waals surface area contributed by atoms with Crippen molar-refractivity contribution < 1.29 is 5.11 Å². The summed E-state index contributed by atoms with van der Waals surface area (Å²) in [5, 5.41) is 13.7. The van der Waals surface area contributed by atoms with Gasteiger partial charge in [0.25, 0.3) is 0 Å². The zero-order chi connectivity index (χ0) is 10.7. The van der Waals surface area contributed by atoms with Crippen molar-refractivity contribution in [2.45, 2.75) is 39.8 Å². The third-order valence-corrected chi connectivity index (χ3v) is 2.69. The van der Waals surface area contributed by atoms with Crippen molar-refractivity contribution in [3.63, 3.8) is 0 Å². The van der Waals surface area contributed by atoms with Gasteiger partial charge in [-0.1, -0.05) is 0 Å². The summed E-state index contributed by atoms with van der Waals surface area (Å²) in [6.07, 6.45) is 0.247. The first-order valence-corrected chi connectivity index (χ1v) is 4.95. The summed E-state index contributed by atoms with van der Waals surface area (Å²) in [6.45, 7) is 7.16. The lowest BCUT2D eigenvalue weighted by Crippen LogP contribution is -2.21. The Morgan fingerprint density at radius 2 is 2.07 bits per heavy atom. The normalized spacial score (nSPS) is 13.2. The van der Waals surface area contributed by atoms with Crippen molar-refractivity contribution in [2.75, 3.05) is 6.54 Å². The van der Waals surface area contributed by atoms with Crippen LogP contribution in [0, 0.1) is 20.8 Å². The molecule has 0 spiro atoms. The monoisotopic (exact) mass is 197 g/mol. The molecule has 0 saturated heterocycles. The van der Waals surface area contributed by atoms with Crippen molar-refractivity contribution in [1.29, 1.82) is 0 Å². The summed E-state index contributed by atoms with van der Waals surface area (Å²) in [5.41, 5.74) is 8.79. The van der Waals surface area contributed by atoms with E-state index in [-0.39, 0.29) is 0 Å². The van der Waals surface area contributed by atoms with E-state index < -0.39 is 6.10 Å². The van der Waals surface area contributed by atoms with Gasteiger partial charge < -0.3 is 10.8 Å². The Morgan fingerprint density at radius 3 is 2.50 bits per heavy atom. The minimum Gasteiger partial charge on any atom is -0.392 e. The second-order valence-electron chi connectivity index (χ2n) is 3.70. The lowest BCUT2D eigenvalue weighted by molar-refractivity contribution is 0.164. The number of nitrogens with zero attached hydrogens (tertiary/aromatic N) is 2. The standard InChI is InChI=1S/C10H19N3O/c1-7-8(2)12-13(9(7)3)5-4-10(14)6-11/h10,14H,4-6,11H2,1-3H3. The topological polar surface area (TPSA) is 64.1 Å². The van der Waals surface area contributed by atoms with E-state index in [2.05, 4.69) is 12.0 Å². The summed E-state index contributed by atoms with van der Waals surface area (Å²) in [5.74, 6) is 0. The average molecular weight is 197 g/mol. The first-order valence-electron chi connectivity index (χ1n) is 4.95. The van der Waals surface area contributed by atoms with Gasteiger partial charge in [0.2, 0.25) is 0 Å². The van der Waals surface area contributed by atoms with E-state index in [1.54, 1.807) is 0 Å². The molecule has 4 heteroatoms. The second-order valence-corrected chi connectivity index (χ2v) is 3.70. The van der Waals surface area contributed by atoms with Gasteiger partial charge in [-0.3, -0.25) is 4.68 Å². The van der Waals surface area contributed by atoms with Crippen molar-refractivity contribution in [3.8, 4) is 0 Å². The lowest BCUT2D eigenvalue weighted by Gasteiger charge is -2.08. The van der Waals surface area contributed by atoms with Gasteiger partial charge in [0.1, 0.15) is 0 Å². The Balaban J connectivity index is 2.63. The Kier molecular flexibility index (Phi) is 3.66. The van der Waals surface area contributed by atoms with Gasteiger partial charge in [0, 0.05) is 18.8 Å². The van der Waals surface area contributed by atoms with Crippen LogP contribution in [0.15, 0.2) is 0 Å². The Labute approximate surface area is 84.7 Å². The SMILES string of the molecule is Cc1nn(CCC(O)CN)c(C)c1C. The van der Waals surface area contributed by atoms with Gasteiger partial charge in [0.15, 0.2) is 0 Å². The summed E-state index contributed by atoms with van der Waals surface area (Å²) < 4.78 is 1.93. The van der Waals surface area contributed by atoms with Crippen LogP contribution in [0.3, 0.4) is 0 Å². The molecule has 1 aromatic rings. The lowest BCUT2D eigenvalue weighted by atomic mass is 10.2. The van der Waals surface area contributed by atoms with E-state index in [9.17, 15) is 5.11 Å². The summed E-state index contributed by atoms with van der Waals surface area (Å²) in [7, 11) is 0. The first-order chi connectivity index (χ1) is 6.56. The molecule has 80 valence electrons. The van der Waals surface area contributed by atoms with Crippen LogP contribution in [0.1, 0.15) is 23.4 Å². The number of rotatable bonds is 4.